The molecule has 0 bridgehead atoms. The van der Waals surface area contributed by atoms with Crippen molar-refractivity contribution in [1.82, 2.24) is 0 Å². The molecule has 0 unspecified atom stereocenters. The minimum Gasteiger partial charge on any atom is -0.521 e. The van der Waals surface area contributed by atoms with Gasteiger partial charge < -0.3 is 37.2 Å². The van der Waals surface area contributed by atoms with Gasteiger partial charge in [0.25, 0.3) is 0 Å². The van der Waals surface area contributed by atoms with Crippen LogP contribution in [0.15, 0.2) is 291 Å². The summed E-state index contributed by atoms with van der Waals surface area (Å²) in [5, 5.41) is 6.67. The highest BCUT2D eigenvalue weighted by atomic mass is 19.2. The fourth-order valence-electron chi connectivity index (χ4n) is 17.7. The molecule has 8 nitrogen and oxygen atoms in total. The molecule has 20 aromatic carbocycles. The van der Waals surface area contributed by atoms with Crippen molar-refractivity contribution in [3.63, 3.8) is 0 Å². The van der Waals surface area contributed by atoms with Crippen LogP contribution in [-0.2, 0) is 0 Å². The maximum absolute atomic E-state index is 16.3. The van der Waals surface area contributed by atoms with E-state index in [1.54, 1.807) is 243 Å². The summed E-state index contributed by atoms with van der Waals surface area (Å²) in [5.41, 5.74) is -5.84. The standard InChI is InChI=1S/2C52H24B2F10O4/c2*55-43-41(44(56)48(60)51(63)47(43)59)53-65-33-21-17-25-9-1-5-13-29(25)37(33)38-30-14-6-2-10-26(30)18-22-34(38)66-54(42-45(57)49(61)52(64)50(62)46(42)58)68-36-24-20-28-12-4-8-16-32(28)40(36)39-31-15-7-3-11-27(31)19-23-35(39)67-53/h2*1-24H. The van der Waals surface area contributed by atoms with E-state index in [2.05, 4.69) is 0 Å². The third-order valence-electron chi connectivity index (χ3n) is 23.9. The number of halogens is 20. The second-order valence-corrected chi connectivity index (χ2v) is 31.5. The van der Waals surface area contributed by atoms with Gasteiger partial charge in [0.15, 0.2) is 116 Å². The summed E-state index contributed by atoms with van der Waals surface area (Å²) in [4.78, 5) is 0. The van der Waals surface area contributed by atoms with E-state index in [-0.39, 0.29) is 90.5 Å². The van der Waals surface area contributed by atoms with Gasteiger partial charge in [0, 0.05) is 44.5 Å². The zero-order chi connectivity index (χ0) is 94.2. The lowest BCUT2D eigenvalue weighted by Gasteiger charge is -2.27. The normalized spacial score (nSPS) is 12.7. The molecule has 664 valence electrons. The van der Waals surface area contributed by atoms with Gasteiger partial charge in [-0.2, -0.15) is 0 Å². The van der Waals surface area contributed by atoms with Crippen LogP contribution >= 0.6 is 0 Å². The molecule has 0 aliphatic carbocycles. The molecule has 0 N–H and O–H groups in total. The molecule has 22 rings (SSSR count). The van der Waals surface area contributed by atoms with Gasteiger partial charge in [0.2, 0.25) is 0 Å². The van der Waals surface area contributed by atoms with E-state index in [4.69, 9.17) is 37.2 Å². The Bertz CT molecular complexity index is 7050. The smallest absolute Gasteiger partial charge is 0.521 e. The number of rotatable bonds is 4. The van der Waals surface area contributed by atoms with Crippen LogP contribution in [0.25, 0.3) is 131 Å². The van der Waals surface area contributed by atoms with Crippen molar-refractivity contribution >= 4 is 137 Å². The minimum absolute atomic E-state index is 0.0192. The highest BCUT2D eigenvalue weighted by molar-refractivity contribution is 6.65. The van der Waals surface area contributed by atoms with Crippen LogP contribution in [0, 0.1) is 116 Å². The molecule has 0 atom stereocenters. The van der Waals surface area contributed by atoms with Crippen LogP contribution in [0.1, 0.15) is 0 Å². The summed E-state index contributed by atoms with van der Waals surface area (Å²) >= 11 is 0. The van der Waals surface area contributed by atoms with Crippen molar-refractivity contribution in [2.75, 3.05) is 0 Å². The van der Waals surface area contributed by atoms with Gasteiger partial charge in [-0.3, -0.25) is 0 Å². The van der Waals surface area contributed by atoms with Crippen molar-refractivity contribution in [2.45, 2.75) is 0 Å². The highest BCUT2D eigenvalue weighted by Crippen LogP contribution is 2.53. The Morgan fingerprint density at radius 2 is 0.221 bits per heavy atom. The summed E-state index contributed by atoms with van der Waals surface area (Å²) in [6.07, 6.45) is 0. The quantitative estimate of drug-likeness (QED) is 0.0747. The molecule has 0 radical (unpaired) electrons. The van der Waals surface area contributed by atoms with Crippen LogP contribution in [0.5, 0.6) is 46.0 Å². The molecule has 2 heterocycles. The Morgan fingerprint density at radius 1 is 0.118 bits per heavy atom. The van der Waals surface area contributed by atoms with Crippen molar-refractivity contribution in [3.05, 3.63) is 408 Å². The molecular formula is C104H48B4F20O8. The van der Waals surface area contributed by atoms with Gasteiger partial charge in [-0.25, -0.2) is 87.8 Å². The predicted octanol–water partition coefficient (Wildman–Crippen LogP) is 26.1. The van der Waals surface area contributed by atoms with Gasteiger partial charge in [-0.1, -0.05) is 243 Å². The third kappa shape index (κ3) is 14.2. The van der Waals surface area contributed by atoms with Gasteiger partial charge in [-0.15, -0.1) is 0 Å². The average molecular weight is 1850 g/mol. The number of fused-ring (bicyclic) bond motifs is 28. The Kier molecular flexibility index (Phi) is 21.7. The van der Waals surface area contributed by atoms with E-state index in [9.17, 15) is 17.6 Å². The first kappa shape index (κ1) is 86.5. The van der Waals surface area contributed by atoms with Gasteiger partial charge >= 0.3 is 28.5 Å². The predicted molar refractivity (Wildman–Crippen MR) is 479 cm³/mol. The van der Waals surface area contributed by atoms with Crippen LogP contribution in [-0.4, -0.2) is 28.5 Å². The Labute approximate surface area is 755 Å². The van der Waals surface area contributed by atoms with Crippen molar-refractivity contribution in [1.29, 1.82) is 0 Å². The lowest BCUT2D eigenvalue weighted by molar-refractivity contribution is 0.375. The summed E-state index contributed by atoms with van der Waals surface area (Å²) in [6.45, 7) is 0. The molecule has 0 spiro atoms. The first-order valence-electron chi connectivity index (χ1n) is 41.4. The van der Waals surface area contributed by atoms with Crippen LogP contribution in [0.2, 0.25) is 0 Å². The van der Waals surface area contributed by atoms with E-state index in [1.807, 2.05) is 0 Å². The highest BCUT2D eigenvalue weighted by Gasteiger charge is 2.48. The second kappa shape index (κ2) is 34.1. The SMILES string of the molecule is Fc1c(F)c(F)c(B2Oc3ccc4ccccc4c3-c3c(ccc4ccccc34)OB(c3c(F)c(F)c(F)c(F)c3F)Oc3ccc4ccccc4c3-c3c(ccc4ccccc34)O2)c(F)c1F.Fc1c(F)c(F)c(B2Oc3ccc4ccccc4c3-c3c(ccc4ccccc34)OB(c3c(F)c(F)c(F)c(F)c3F)Oc3ccc4ccccc4c3-c3c(ccc4ccccc34)O2)c(F)c1F. The molecule has 20 aromatic rings. The van der Waals surface area contributed by atoms with Crippen molar-refractivity contribution < 1.29 is 125 Å². The molecule has 136 heavy (non-hydrogen) atoms. The fourth-order valence-corrected chi connectivity index (χ4v) is 17.7. The largest absolute Gasteiger partial charge is 0.639 e. The van der Waals surface area contributed by atoms with E-state index >= 15 is 70.2 Å². The minimum atomic E-state index is -2.48. The Hall–Kier alpha value is -16.3. The van der Waals surface area contributed by atoms with Gasteiger partial charge in [-0.05, 0) is 135 Å². The molecule has 32 heteroatoms. The number of hydrogen-bond acceptors (Lipinski definition) is 8. The second-order valence-electron chi connectivity index (χ2n) is 31.5. The third-order valence-corrected chi connectivity index (χ3v) is 23.9. The maximum Gasteiger partial charge on any atom is 0.639 e. The maximum atomic E-state index is 16.3. The monoisotopic (exact) mass is 1850 g/mol. The number of benzene rings is 20. The molecule has 0 aromatic heterocycles. The van der Waals surface area contributed by atoms with Crippen LogP contribution in [0.3, 0.4) is 0 Å². The Morgan fingerprint density at radius 3 is 0.338 bits per heavy atom. The summed E-state index contributed by atoms with van der Waals surface area (Å²) in [6, 6.07) is 76.1. The molecule has 0 saturated carbocycles. The van der Waals surface area contributed by atoms with Crippen molar-refractivity contribution in [2.24, 2.45) is 0 Å². The molecule has 2 aliphatic rings. The summed E-state index contributed by atoms with van der Waals surface area (Å²) < 4.78 is 364. The van der Waals surface area contributed by atoms with Gasteiger partial charge in [0.05, 0.1) is 21.9 Å². The summed E-state index contributed by atoms with van der Waals surface area (Å²) in [7, 11) is -9.94. The first-order chi connectivity index (χ1) is 65.8. The Balaban J connectivity index is 0.000000163. The van der Waals surface area contributed by atoms with E-state index in [1.165, 1.54) is 48.5 Å². The number of hydrogen-bond donors (Lipinski definition) is 0. The topological polar surface area (TPSA) is 73.8 Å². The molecule has 0 amide bonds. The van der Waals surface area contributed by atoms with Crippen LogP contribution in [0.4, 0.5) is 87.8 Å². The van der Waals surface area contributed by atoms with E-state index in [0.717, 1.165) is 0 Å². The molecule has 2 aliphatic heterocycles. The molecule has 0 fully saturated rings. The fraction of sp³-hybridized carbons (Fsp3) is 0. The van der Waals surface area contributed by atoms with E-state index in [0.29, 0.717) is 86.2 Å². The zero-order valence-electron chi connectivity index (χ0n) is 68.8. The average Bonchev–Trinajstić information content (AvgIpc) is 0.753. The van der Waals surface area contributed by atoms with Crippen LogP contribution < -0.4 is 59.1 Å². The zero-order valence-corrected chi connectivity index (χ0v) is 68.8. The first-order valence-corrected chi connectivity index (χ1v) is 41.4. The lowest BCUT2D eigenvalue weighted by Crippen LogP contribution is -2.48. The van der Waals surface area contributed by atoms with Gasteiger partial charge in [0.1, 0.15) is 46.0 Å². The van der Waals surface area contributed by atoms with E-state index < -0.39 is 167 Å². The van der Waals surface area contributed by atoms with Crippen molar-refractivity contribution in [3.8, 4) is 90.5 Å². The summed E-state index contributed by atoms with van der Waals surface area (Å²) in [5.74, 6) is -48.5. The molecule has 0 saturated heterocycles. The lowest BCUT2D eigenvalue weighted by atomic mass is 9.75. The molecular weight excluding hydrogens is 1800 g/mol.